The first-order chi connectivity index (χ1) is 6.97. The summed E-state index contributed by atoms with van der Waals surface area (Å²) >= 11 is 0. The number of benzene rings is 1. The summed E-state index contributed by atoms with van der Waals surface area (Å²) in [6, 6.07) is 4.60. The molecule has 0 radical (unpaired) electrons. The lowest BCUT2D eigenvalue weighted by atomic mass is 10.2. The molecule has 5 heteroatoms. The van der Waals surface area contributed by atoms with Crippen molar-refractivity contribution in [3.05, 3.63) is 36.4 Å². The summed E-state index contributed by atoms with van der Waals surface area (Å²) in [4.78, 5) is 0.219. The van der Waals surface area contributed by atoms with E-state index in [4.69, 9.17) is 5.73 Å². The highest BCUT2D eigenvalue weighted by Crippen LogP contribution is 2.16. The number of sulfonamides is 1. The van der Waals surface area contributed by atoms with E-state index in [1.165, 1.54) is 12.1 Å². The van der Waals surface area contributed by atoms with Crippen molar-refractivity contribution in [2.75, 3.05) is 12.3 Å². The number of anilines is 1. The third kappa shape index (κ3) is 2.81. The second-order valence-corrected chi connectivity index (χ2v) is 4.93. The third-order valence-corrected chi connectivity index (χ3v) is 3.39. The van der Waals surface area contributed by atoms with Gasteiger partial charge in [-0.3, -0.25) is 0 Å². The van der Waals surface area contributed by atoms with Crippen molar-refractivity contribution < 1.29 is 8.42 Å². The van der Waals surface area contributed by atoms with Crippen LogP contribution in [0.4, 0.5) is 5.69 Å². The number of nitrogens with two attached hydrogens (primary N) is 1. The summed E-state index contributed by atoms with van der Waals surface area (Å²) in [5.74, 6) is 0. The van der Waals surface area contributed by atoms with Crippen LogP contribution in [0.2, 0.25) is 0 Å². The van der Waals surface area contributed by atoms with Crippen molar-refractivity contribution >= 4 is 15.7 Å². The minimum absolute atomic E-state index is 0.214. The summed E-state index contributed by atoms with van der Waals surface area (Å²) in [5, 5.41) is 0. The summed E-state index contributed by atoms with van der Waals surface area (Å²) < 4.78 is 25.7. The van der Waals surface area contributed by atoms with E-state index < -0.39 is 10.0 Å². The van der Waals surface area contributed by atoms with Crippen LogP contribution in [0.15, 0.2) is 35.7 Å². The van der Waals surface area contributed by atoms with Crippen LogP contribution in [0.3, 0.4) is 0 Å². The minimum atomic E-state index is -3.44. The molecule has 0 aliphatic carbocycles. The average Bonchev–Trinajstić information content (AvgIpc) is 2.19. The van der Waals surface area contributed by atoms with E-state index in [-0.39, 0.29) is 11.4 Å². The molecule has 0 heterocycles. The molecular formula is C10H14N2O2S. The standard InChI is InChI=1S/C10H14N2O2S/c1-3-6-12-15(13,14)9-4-5-10(11)8(2)7-9/h3-5,7,12H,1,6,11H2,2H3. The van der Waals surface area contributed by atoms with Gasteiger partial charge in [0.1, 0.15) is 0 Å². The van der Waals surface area contributed by atoms with Gasteiger partial charge in [-0.15, -0.1) is 6.58 Å². The molecule has 0 fully saturated rings. The first-order valence-electron chi connectivity index (χ1n) is 4.44. The van der Waals surface area contributed by atoms with Crippen LogP contribution in [-0.4, -0.2) is 15.0 Å². The minimum Gasteiger partial charge on any atom is -0.399 e. The van der Waals surface area contributed by atoms with Gasteiger partial charge >= 0.3 is 0 Å². The Bertz CT molecular complexity index is 466. The topological polar surface area (TPSA) is 72.2 Å². The SMILES string of the molecule is C=CCNS(=O)(=O)c1ccc(N)c(C)c1. The predicted octanol–water partition coefficient (Wildman–Crippen LogP) is 1.04. The lowest BCUT2D eigenvalue weighted by Gasteiger charge is -2.06. The van der Waals surface area contributed by atoms with Gasteiger partial charge in [-0.25, -0.2) is 13.1 Å². The molecule has 4 nitrogen and oxygen atoms in total. The Balaban J connectivity index is 3.05. The van der Waals surface area contributed by atoms with Gasteiger partial charge in [0.15, 0.2) is 0 Å². The molecule has 1 rings (SSSR count). The van der Waals surface area contributed by atoms with Gasteiger partial charge in [0, 0.05) is 12.2 Å². The molecule has 0 aliphatic rings. The van der Waals surface area contributed by atoms with Crippen molar-refractivity contribution in [3.63, 3.8) is 0 Å². The Morgan fingerprint density at radius 1 is 1.53 bits per heavy atom. The Morgan fingerprint density at radius 2 is 2.20 bits per heavy atom. The average molecular weight is 226 g/mol. The molecule has 82 valence electrons. The molecule has 0 unspecified atom stereocenters. The van der Waals surface area contributed by atoms with E-state index in [1.807, 2.05) is 0 Å². The van der Waals surface area contributed by atoms with Gasteiger partial charge in [0.2, 0.25) is 10.0 Å². The van der Waals surface area contributed by atoms with Crippen LogP contribution >= 0.6 is 0 Å². The number of hydrogen-bond acceptors (Lipinski definition) is 3. The highest BCUT2D eigenvalue weighted by atomic mass is 32.2. The maximum Gasteiger partial charge on any atom is 0.240 e. The van der Waals surface area contributed by atoms with E-state index in [9.17, 15) is 8.42 Å². The van der Waals surface area contributed by atoms with Crippen molar-refractivity contribution in [2.24, 2.45) is 0 Å². The normalized spacial score (nSPS) is 11.3. The predicted molar refractivity (Wildman–Crippen MR) is 61.0 cm³/mol. The van der Waals surface area contributed by atoms with Gasteiger partial charge in [-0.1, -0.05) is 6.08 Å². The van der Waals surface area contributed by atoms with Crippen LogP contribution in [-0.2, 0) is 10.0 Å². The largest absolute Gasteiger partial charge is 0.399 e. The first kappa shape index (κ1) is 11.7. The Morgan fingerprint density at radius 3 is 2.73 bits per heavy atom. The fourth-order valence-electron chi connectivity index (χ4n) is 1.07. The van der Waals surface area contributed by atoms with Gasteiger partial charge in [-0.2, -0.15) is 0 Å². The zero-order valence-corrected chi connectivity index (χ0v) is 9.34. The molecule has 0 bridgehead atoms. The third-order valence-electron chi connectivity index (χ3n) is 1.97. The molecule has 0 aromatic heterocycles. The fourth-order valence-corrected chi connectivity index (χ4v) is 2.15. The highest BCUT2D eigenvalue weighted by molar-refractivity contribution is 7.89. The summed E-state index contributed by atoms with van der Waals surface area (Å²) in [6.45, 7) is 5.42. The number of nitrogen functional groups attached to an aromatic ring is 1. The smallest absolute Gasteiger partial charge is 0.240 e. The molecule has 3 N–H and O–H groups in total. The van der Waals surface area contributed by atoms with E-state index in [1.54, 1.807) is 19.1 Å². The molecule has 0 saturated carbocycles. The molecule has 15 heavy (non-hydrogen) atoms. The summed E-state index contributed by atoms with van der Waals surface area (Å²) in [6.07, 6.45) is 1.49. The maximum atomic E-state index is 11.7. The number of rotatable bonds is 4. The van der Waals surface area contributed by atoms with Crippen molar-refractivity contribution in [2.45, 2.75) is 11.8 Å². The molecule has 0 aliphatic heterocycles. The van der Waals surface area contributed by atoms with E-state index in [2.05, 4.69) is 11.3 Å². The number of aryl methyl sites for hydroxylation is 1. The number of nitrogens with one attached hydrogen (secondary N) is 1. The van der Waals surface area contributed by atoms with Crippen molar-refractivity contribution in [1.29, 1.82) is 0 Å². The van der Waals surface area contributed by atoms with Crippen LogP contribution in [0.5, 0.6) is 0 Å². The molecule has 0 saturated heterocycles. The molecular weight excluding hydrogens is 212 g/mol. The van der Waals surface area contributed by atoms with Gasteiger partial charge in [-0.05, 0) is 30.7 Å². The van der Waals surface area contributed by atoms with Crippen LogP contribution in [0.1, 0.15) is 5.56 Å². The van der Waals surface area contributed by atoms with Crippen LogP contribution in [0, 0.1) is 6.92 Å². The Labute approximate surface area is 89.9 Å². The molecule has 1 aromatic rings. The van der Waals surface area contributed by atoms with Gasteiger partial charge < -0.3 is 5.73 Å². The highest BCUT2D eigenvalue weighted by Gasteiger charge is 2.12. The van der Waals surface area contributed by atoms with E-state index >= 15 is 0 Å². The summed E-state index contributed by atoms with van der Waals surface area (Å²) in [5.41, 5.74) is 6.93. The Hall–Kier alpha value is -1.33. The van der Waals surface area contributed by atoms with Gasteiger partial charge in [0.25, 0.3) is 0 Å². The van der Waals surface area contributed by atoms with Crippen LogP contribution in [0.25, 0.3) is 0 Å². The fraction of sp³-hybridized carbons (Fsp3) is 0.200. The maximum absolute atomic E-state index is 11.7. The zero-order chi connectivity index (χ0) is 11.5. The second-order valence-electron chi connectivity index (χ2n) is 3.16. The van der Waals surface area contributed by atoms with E-state index in [0.29, 0.717) is 5.69 Å². The van der Waals surface area contributed by atoms with Crippen molar-refractivity contribution in [3.8, 4) is 0 Å². The molecule has 0 spiro atoms. The molecule has 1 aromatic carbocycles. The van der Waals surface area contributed by atoms with E-state index in [0.717, 1.165) is 5.56 Å². The lowest BCUT2D eigenvalue weighted by Crippen LogP contribution is -2.23. The monoisotopic (exact) mass is 226 g/mol. The van der Waals surface area contributed by atoms with Gasteiger partial charge in [0.05, 0.1) is 4.90 Å². The second kappa shape index (κ2) is 4.46. The molecule has 0 amide bonds. The first-order valence-corrected chi connectivity index (χ1v) is 5.92. The molecule has 0 atom stereocenters. The lowest BCUT2D eigenvalue weighted by molar-refractivity contribution is 0.585. The van der Waals surface area contributed by atoms with Crippen LogP contribution < -0.4 is 10.5 Å². The zero-order valence-electron chi connectivity index (χ0n) is 8.53. The quantitative estimate of drug-likeness (QED) is 0.595. The van der Waals surface area contributed by atoms with Crippen molar-refractivity contribution in [1.82, 2.24) is 4.72 Å². The number of hydrogen-bond donors (Lipinski definition) is 2. The Kier molecular flexibility index (Phi) is 3.49. The summed E-state index contributed by atoms with van der Waals surface area (Å²) in [7, 11) is -3.44.